The van der Waals surface area contributed by atoms with Crippen molar-refractivity contribution >= 4 is 22.4 Å². The van der Waals surface area contributed by atoms with Crippen molar-refractivity contribution in [2.45, 2.75) is 51.1 Å². The van der Waals surface area contributed by atoms with Crippen LogP contribution in [0.1, 0.15) is 49.9 Å². The molecule has 3 heterocycles. The zero-order chi connectivity index (χ0) is 21.5. The monoisotopic (exact) mass is 440 g/mol. The minimum Gasteiger partial charge on any atom is -0.356 e. The molecule has 0 radical (unpaired) electrons. The first kappa shape index (κ1) is 22.1. The molecule has 31 heavy (non-hydrogen) atoms. The van der Waals surface area contributed by atoms with Crippen LogP contribution in [0.3, 0.4) is 0 Å². The van der Waals surface area contributed by atoms with E-state index in [-0.39, 0.29) is 0 Å². The highest BCUT2D eigenvalue weighted by atomic mass is 32.1. The fourth-order valence-electron chi connectivity index (χ4n) is 4.54. The van der Waals surface area contributed by atoms with Gasteiger partial charge in [0.1, 0.15) is 0 Å². The maximum atomic E-state index is 4.82. The highest BCUT2D eigenvalue weighted by molar-refractivity contribution is 7.13. The van der Waals surface area contributed by atoms with E-state index in [0.717, 1.165) is 57.9 Å². The van der Waals surface area contributed by atoms with Crippen molar-refractivity contribution in [2.75, 3.05) is 44.7 Å². The molecular weight excluding hydrogens is 404 g/mol. The normalized spacial score (nSPS) is 19.5. The Morgan fingerprint density at radius 1 is 1.16 bits per heavy atom. The Hall–Kier alpha value is -2.12. The molecule has 1 aromatic heterocycles. The van der Waals surface area contributed by atoms with Gasteiger partial charge in [-0.05, 0) is 38.2 Å². The van der Waals surface area contributed by atoms with Crippen LogP contribution in [0, 0.1) is 0 Å². The summed E-state index contributed by atoms with van der Waals surface area (Å²) in [6.07, 6.45) is 5.80. The lowest BCUT2D eigenvalue weighted by atomic mass is 10.0. The number of benzene rings is 1. The number of aromatic nitrogens is 1. The Kier molecular flexibility index (Phi) is 7.81. The van der Waals surface area contributed by atoms with E-state index in [4.69, 9.17) is 4.98 Å². The third-order valence-electron chi connectivity index (χ3n) is 6.51. The van der Waals surface area contributed by atoms with Gasteiger partial charge in [0.05, 0.1) is 5.69 Å². The number of nitrogens with zero attached hydrogens (tertiary/aromatic N) is 4. The van der Waals surface area contributed by atoms with Crippen molar-refractivity contribution in [1.82, 2.24) is 20.5 Å². The lowest BCUT2D eigenvalue weighted by molar-refractivity contribution is 0.158. The molecule has 2 N–H and O–H groups in total. The summed E-state index contributed by atoms with van der Waals surface area (Å²) < 4.78 is 0. The van der Waals surface area contributed by atoms with E-state index in [9.17, 15) is 0 Å². The molecule has 2 aliphatic heterocycles. The zero-order valence-corrected chi connectivity index (χ0v) is 19.7. The van der Waals surface area contributed by atoms with Gasteiger partial charge >= 0.3 is 0 Å². The van der Waals surface area contributed by atoms with Crippen LogP contribution in [0.2, 0.25) is 0 Å². The van der Waals surface area contributed by atoms with Gasteiger partial charge in [-0.3, -0.25) is 9.89 Å². The fraction of sp³-hybridized carbons (Fsp3) is 0.583. The summed E-state index contributed by atoms with van der Waals surface area (Å²) in [5.41, 5.74) is 2.58. The van der Waals surface area contributed by atoms with E-state index >= 15 is 0 Å². The number of anilines is 1. The molecule has 0 saturated carbocycles. The van der Waals surface area contributed by atoms with Gasteiger partial charge < -0.3 is 15.5 Å². The number of piperidine rings is 1. The number of hydrogen-bond donors (Lipinski definition) is 2. The first-order valence-electron chi connectivity index (χ1n) is 11.7. The highest BCUT2D eigenvalue weighted by Gasteiger charge is 2.24. The minimum atomic E-state index is 0.475. The number of thiazole rings is 1. The van der Waals surface area contributed by atoms with Crippen LogP contribution in [0.5, 0.6) is 0 Å². The van der Waals surface area contributed by atoms with Crippen molar-refractivity contribution in [3.8, 4) is 0 Å². The topological polar surface area (TPSA) is 55.8 Å². The lowest BCUT2D eigenvalue weighted by Gasteiger charge is -2.37. The number of rotatable bonds is 7. The zero-order valence-electron chi connectivity index (χ0n) is 18.9. The van der Waals surface area contributed by atoms with Gasteiger partial charge in [0, 0.05) is 63.7 Å². The average molecular weight is 441 g/mol. The molecule has 6 nitrogen and oxygen atoms in total. The Morgan fingerprint density at radius 2 is 1.90 bits per heavy atom. The summed E-state index contributed by atoms with van der Waals surface area (Å²) in [4.78, 5) is 14.3. The Bertz CT molecular complexity index is 822. The van der Waals surface area contributed by atoms with Crippen molar-refractivity contribution < 1.29 is 0 Å². The molecule has 1 unspecified atom stereocenters. The SMILES string of the molecule is CN=C(NCCc1csc(N2CCCC2)n1)NC1CCN(C(C)c2ccccc2)CC1. The second-order valence-corrected chi connectivity index (χ2v) is 9.44. The van der Waals surface area contributed by atoms with Gasteiger partial charge in [0.2, 0.25) is 0 Å². The number of aliphatic imine (C=N–C) groups is 1. The number of hydrogen-bond acceptors (Lipinski definition) is 5. The van der Waals surface area contributed by atoms with E-state index < -0.39 is 0 Å². The van der Waals surface area contributed by atoms with Gasteiger partial charge in [0.15, 0.2) is 11.1 Å². The van der Waals surface area contributed by atoms with Crippen molar-refractivity contribution in [2.24, 2.45) is 4.99 Å². The third kappa shape index (κ3) is 5.98. The van der Waals surface area contributed by atoms with Crippen LogP contribution in [-0.4, -0.2) is 61.7 Å². The van der Waals surface area contributed by atoms with Crippen molar-refractivity contribution in [3.05, 3.63) is 47.0 Å². The van der Waals surface area contributed by atoms with Crippen molar-refractivity contribution in [1.29, 1.82) is 0 Å². The summed E-state index contributed by atoms with van der Waals surface area (Å²) in [6.45, 7) is 7.71. The number of guanidine groups is 1. The molecule has 4 rings (SSSR count). The molecule has 2 fully saturated rings. The summed E-state index contributed by atoms with van der Waals surface area (Å²) in [7, 11) is 1.86. The van der Waals surface area contributed by atoms with Gasteiger partial charge in [-0.15, -0.1) is 11.3 Å². The molecule has 0 bridgehead atoms. The molecule has 168 valence electrons. The highest BCUT2D eigenvalue weighted by Crippen LogP contribution is 2.25. The molecule has 0 aliphatic carbocycles. The molecule has 2 saturated heterocycles. The molecule has 0 amide bonds. The van der Waals surface area contributed by atoms with Gasteiger partial charge in [-0.25, -0.2) is 4.98 Å². The van der Waals surface area contributed by atoms with E-state index in [1.54, 1.807) is 11.3 Å². The van der Waals surface area contributed by atoms with Crippen LogP contribution in [0.25, 0.3) is 0 Å². The lowest BCUT2D eigenvalue weighted by Crippen LogP contribution is -2.49. The smallest absolute Gasteiger partial charge is 0.191 e. The number of nitrogens with one attached hydrogen (secondary N) is 2. The predicted octanol–water partition coefficient (Wildman–Crippen LogP) is 3.68. The van der Waals surface area contributed by atoms with E-state index in [2.05, 4.69) is 68.1 Å². The molecular formula is C24H36N6S. The summed E-state index contributed by atoms with van der Waals surface area (Å²) in [6, 6.07) is 11.8. The molecule has 0 spiro atoms. The second-order valence-electron chi connectivity index (χ2n) is 8.61. The first-order chi connectivity index (χ1) is 15.2. The maximum Gasteiger partial charge on any atom is 0.191 e. The Labute approximate surface area is 190 Å². The minimum absolute atomic E-state index is 0.475. The second kappa shape index (κ2) is 11.0. The largest absolute Gasteiger partial charge is 0.356 e. The Balaban J connectivity index is 1.18. The van der Waals surface area contributed by atoms with E-state index in [0.29, 0.717) is 12.1 Å². The average Bonchev–Trinajstić information content (AvgIpc) is 3.51. The summed E-state index contributed by atoms with van der Waals surface area (Å²) >= 11 is 1.78. The van der Waals surface area contributed by atoms with Gasteiger partial charge in [0.25, 0.3) is 0 Å². The third-order valence-corrected chi connectivity index (χ3v) is 7.46. The molecule has 2 aliphatic rings. The molecule has 7 heteroatoms. The van der Waals surface area contributed by atoms with Crippen LogP contribution in [-0.2, 0) is 6.42 Å². The predicted molar refractivity (Wildman–Crippen MR) is 131 cm³/mol. The first-order valence-corrected chi connectivity index (χ1v) is 12.6. The molecule has 1 atom stereocenters. The quantitative estimate of drug-likeness (QED) is 0.508. The summed E-state index contributed by atoms with van der Waals surface area (Å²) in [5.74, 6) is 0.907. The van der Waals surface area contributed by atoms with E-state index in [1.165, 1.54) is 29.2 Å². The maximum absolute atomic E-state index is 4.82. The number of likely N-dealkylation sites (tertiary alicyclic amines) is 1. The van der Waals surface area contributed by atoms with Crippen LogP contribution in [0.4, 0.5) is 5.13 Å². The molecule has 2 aromatic rings. The Morgan fingerprint density at radius 3 is 2.61 bits per heavy atom. The van der Waals surface area contributed by atoms with Crippen LogP contribution >= 0.6 is 11.3 Å². The molecule has 1 aromatic carbocycles. The van der Waals surface area contributed by atoms with Crippen LogP contribution < -0.4 is 15.5 Å². The van der Waals surface area contributed by atoms with E-state index in [1.807, 2.05) is 7.05 Å². The fourth-order valence-corrected chi connectivity index (χ4v) is 5.45. The summed E-state index contributed by atoms with van der Waals surface area (Å²) in [5, 5.41) is 10.5. The standard InChI is InChI=1S/C24H36N6S/c1-19(20-8-4-3-5-9-20)29-16-11-21(12-17-29)27-23(25-2)26-13-10-22-18-31-24(28-22)30-14-6-7-15-30/h3-5,8-9,18-19,21H,6-7,10-17H2,1-2H3,(H2,25,26,27). The van der Waals surface area contributed by atoms with Crippen molar-refractivity contribution in [3.63, 3.8) is 0 Å². The van der Waals surface area contributed by atoms with Crippen LogP contribution in [0.15, 0.2) is 40.7 Å². The van der Waals surface area contributed by atoms with Gasteiger partial charge in [-0.1, -0.05) is 30.3 Å². The van der Waals surface area contributed by atoms with Gasteiger partial charge in [-0.2, -0.15) is 0 Å².